The van der Waals surface area contributed by atoms with Crippen LogP contribution in [0.15, 0.2) is 72.8 Å². The van der Waals surface area contributed by atoms with Crippen LogP contribution >= 0.6 is 0 Å². The van der Waals surface area contributed by atoms with Crippen LogP contribution in [-0.2, 0) is 25.7 Å². The molecule has 4 fully saturated rings. The second-order valence-electron chi connectivity index (χ2n) is 17.3. The fraction of sp³-hybridized carbons (Fsp3) is 0.447. The van der Waals surface area contributed by atoms with Gasteiger partial charge in [0.25, 0.3) is 0 Å². The van der Waals surface area contributed by atoms with E-state index in [1.807, 2.05) is 0 Å². The van der Waals surface area contributed by atoms with Crippen molar-refractivity contribution in [2.45, 2.75) is 114 Å². The first-order valence-electron chi connectivity index (χ1n) is 20.7. The van der Waals surface area contributed by atoms with Crippen molar-refractivity contribution in [3.63, 3.8) is 0 Å². The summed E-state index contributed by atoms with van der Waals surface area (Å²) >= 11 is 0. The van der Waals surface area contributed by atoms with E-state index in [9.17, 15) is 0 Å². The summed E-state index contributed by atoms with van der Waals surface area (Å²) < 4.78 is 0. The molecule has 6 aromatic rings. The lowest BCUT2D eigenvalue weighted by molar-refractivity contribution is 0.277. The molecule has 7 aliphatic carbocycles. The third kappa shape index (κ3) is 5.62. The van der Waals surface area contributed by atoms with Gasteiger partial charge in [0.15, 0.2) is 0 Å². The summed E-state index contributed by atoms with van der Waals surface area (Å²) in [7, 11) is 0. The third-order valence-corrected chi connectivity index (χ3v) is 14.2. The van der Waals surface area contributed by atoms with E-state index in [0.29, 0.717) is 18.0 Å². The maximum Gasteiger partial charge on any atom is 0.124 e. The Bertz CT molecular complexity index is 2100. The van der Waals surface area contributed by atoms with Gasteiger partial charge in [0.05, 0.1) is 28.1 Å². The summed E-state index contributed by atoms with van der Waals surface area (Å²) in [6.45, 7) is 0. The zero-order valence-corrected chi connectivity index (χ0v) is 30.4. The molecule has 4 bridgehead atoms. The van der Waals surface area contributed by atoms with Crippen LogP contribution in [-0.4, -0.2) is 26.0 Å². The van der Waals surface area contributed by atoms with Crippen LogP contribution in [0, 0.1) is 17.8 Å². The number of nitrogens with zero attached hydrogens (tertiary/aromatic N) is 2. The number of aryl methyl sites for hydroxylation is 4. The quantitative estimate of drug-likeness (QED) is 0.173. The Hall–Kier alpha value is -4.22. The Balaban J connectivity index is 0.861. The molecule has 3 N–H and O–H groups in total. The zero-order valence-electron chi connectivity index (χ0n) is 30.4. The molecule has 14 rings (SSSR count). The van der Waals surface area contributed by atoms with Crippen molar-refractivity contribution in [1.29, 1.82) is 0 Å². The molecular formula is C47H51N5. The monoisotopic (exact) mass is 685 g/mol. The minimum Gasteiger partial charge on any atom is -0.342 e. The maximum absolute atomic E-state index is 5.15. The van der Waals surface area contributed by atoms with E-state index in [1.165, 1.54) is 126 Å². The predicted molar refractivity (Wildman–Crippen MR) is 212 cm³/mol. The van der Waals surface area contributed by atoms with E-state index in [1.54, 1.807) is 0 Å². The molecule has 52 heavy (non-hydrogen) atoms. The first-order chi connectivity index (χ1) is 25.7. The van der Waals surface area contributed by atoms with Crippen molar-refractivity contribution in [1.82, 2.24) is 25.3 Å². The van der Waals surface area contributed by atoms with Gasteiger partial charge in [0.1, 0.15) is 11.6 Å². The van der Waals surface area contributed by atoms with Gasteiger partial charge in [0.2, 0.25) is 0 Å². The Kier molecular flexibility index (Phi) is 7.66. The van der Waals surface area contributed by atoms with Crippen LogP contribution < -0.4 is 5.32 Å². The molecule has 2 aromatic heterocycles. The highest BCUT2D eigenvalue weighted by molar-refractivity contribution is 5.84. The normalized spacial score (nSPS) is 27.2. The van der Waals surface area contributed by atoms with Gasteiger partial charge in [0, 0.05) is 12.0 Å². The minimum atomic E-state index is 0.351. The minimum absolute atomic E-state index is 0.351. The number of benzene rings is 4. The number of rotatable bonds is 4. The van der Waals surface area contributed by atoms with Crippen LogP contribution in [0.4, 0.5) is 0 Å². The molecule has 8 aliphatic rings. The number of imidazole rings is 2. The summed E-state index contributed by atoms with van der Waals surface area (Å²) in [5.74, 6) is 5.60. The molecule has 0 amide bonds. The number of H-pyrrole nitrogens is 2. The largest absolute Gasteiger partial charge is 0.342 e. The van der Waals surface area contributed by atoms with Gasteiger partial charge in [-0.1, -0.05) is 87.1 Å². The number of hydrogen-bond acceptors (Lipinski definition) is 3. The Labute approximate surface area is 307 Å². The van der Waals surface area contributed by atoms with Gasteiger partial charge in [-0.2, -0.15) is 0 Å². The molecule has 5 heteroatoms. The molecule has 1 aliphatic heterocycles. The van der Waals surface area contributed by atoms with E-state index < -0.39 is 0 Å². The topological polar surface area (TPSA) is 69.4 Å². The predicted octanol–water partition coefficient (Wildman–Crippen LogP) is 10.9. The molecule has 5 nitrogen and oxygen atoms in total. The van der Waals surface area contributed by atoms with Crippen LogP contribution in [0.5, 0.6) is 0 Å². The molecule has 3 heterocycles. The second kappa shape index (κ2) is 12.7. The average Bonchev–Trinajstić information content (AvgIpc) is 3.98. The van der Waals surface area contributed by atoms with E-state index in [4.69, 9.17) is 9.97 Å². The number of nitrogens with one attached hydrogen (secondary N) is 3. The number of hydrogen-bond donors (Lipinski definition) is 3. The number of fused-ring (bicyclic) bond motifs is 4. The Morgan fingerprint density at radius 1 is 0.500 bits per heavy atom. The molecule has 1 saturated heterocycles. The highest BCUT2D eigenvalue weighted by atomic mass is 15.1. The highest BCUT2D eigenvalue weighted by Gasteiger charge is 2.38. The van der Waals surface area contributed by atoms with Crippen molar-refractivity contribution in [2.24, 2.45) is 17.8 Å². The smallest absolute Gasteiger partial charge is 0.124 e. The molecular weight excluding hydrogens is 635 g/mol. The standard InChI is InChI=1S/C47H51N5/c1-2-6-33-24-37(23-32(33)5-1)46-49-41-19-17-34(25-43(41)51-46)38-21-28-9-13-30(38)14-10-29-12-16-31(15-11-28)39(22-29)35-18-20-42-44(26-35)52-47(50-42)45-27-36-7-3-4-8-40(36)48-45/h9,12-13,16-22,25-26,32-33,36-37,40,45,48H,1-8,10-11,14-15,23-24,27H2,(H,49,51)(H,50,52)/t32-,33+,36-,37?,40-,45-/m0/s1. The van der Waals surface area contributed by atoms with Gasteiger partial charge in [-0.25, -0.2) is 9.97 Å². The van der Waals surface area contributed by atoms with Gasteiger partial charge in [-0.15, -0.1) is 0 Å². The second-order valence-corrected chi connectivity index (χ2v) is 17.3. The lowest BCUT2D eigenvalue weighted by Gasteiger charge is -2.24. The van der Waals surface area contributed by atoms with Gasteiger partial charge in [-0.05, 0) is 144 Å². The Morgan fingerprint density at radius 3 is 1.67 bits per heavy atom. The van der Waals surface area contributed by atoms with Gasteiger partial charge >= 0.3 is 0 Å². The third-order valence-electron chi connectivity index (χ3n) is 14.2. The SMILES string of the molecule is c1cc2c(-c3ccc4nc(C5C[C@H]6CCCC[C@H]6C5)[nH]c4c3)cc1CCc1ccc(cc1-c1ccc3nc([C@@H]4C[C@@H]5CCCC[C@@H]5N4)[nH]c3c1)CC2. The molecule has 0 spiro atoms. The number of aromatic nitrogens is 4. The van der Waals surface area contributed by atoms with Crippen molar-refractivity contribution in [3.8, 4) is 22.3 Å². The summed E-state index contributed by atoms with van der Waals surface area (Å²) in [6.07, 6.45) is 19.1. The summed E-state index contributed by atoms with van der Waals surface area (Å²) in [5, 5.41) is 3.92. The first-order valence-corrected chi connectivity index (χ1v) is 20.7. The van der Waals surface area contributed by atoms with Gasteiger partial charge < -0.3 is 15.3 Å². The van der Waals surface area contributed by atoms with Crippen molar-refractivity contribution in [2.75, 3.05) is 0 Å². The lowest BCUT2D eigenvalue weighted by Crippen LogP contribution is -2.30. The fourth-order valence-corrected chi connectivity index (χ4v) is 11.3. The maximum atomic E-state index is 5.15. The molecule has 1 unspecified atom stereocenters. The van der Waals surface area contributed by atoms with Crippen LogP contribution in [0.1, 0.15) is 116 Å². The fourth-order valence-electron chi connectivity index (χ4n) is 11.3. The molecule has 0 radical (unpaired) electrons. The van der Waals surface area contributed by atoms with Crippen LogP contribution in [0.3, 0.4) is 0 Å². The van der Waals surface area contributed by atoms with Crippen LogP contribution in [0.2, 0.25) is 0 Å². The van der Waals surface area contributed by atoms with Crippen LogP contribution in [0.25, 0.3) is 44.3 Å². The number of aromatic amines is 2. The molecule has 3 saturated carbocycles. The van der Waals surface area contributed by atoms with E-state index >= 15 is 0 Å². The summed E-state index contributed by atoms with van der Waals surface area (Å²) in [5.41, 5.74) is 15.6. The van der Waals surface area contributed by atoms with Gasteiger partial charge in [-0.3, -0.25) is 0 Å². The molecule has 264 valence electrons. The van der Waals surface area contributed by atoms with E-state index in [-0.39, 0.29) is 0 Å². The first kappa shape index (κ1) is 31.3. The van der Waals surface area contributed by atoms with Crippen molar-refractivity contribution < 1.29 is 0 Å². The highest BCUT2D eigenvalue weighted by Crippen LogP contribution is 2.49. The Morgan fingerprint density at radius 2 is 1.06 bits per heavy atom. The van der Waals surface area contributed by atoms with Crippen molar-refractivity contribution in [3.05, 3.63) is 107 Å². The van der Waals surface area contributed by atoms with E-state index in [0.717, 1.165) is 65.8 Å². The molecule has 4 aromatic carbocycles. The summed E-state index contributed by atoms with van der Waals surface area (Å²) in [6, 6.07) is 29.4. The zero-order chi connectivity index (χ0) is 34.2. The summed E-state index contributed by atoms with van der Waals surface area (Å²) in [4.78, 5) is 17.8. The average molecular weight is 686 g/mol. The molecule has 6 atom stereocenters. The van der Waals surface area contributed by atoms with E-state index in [2.05, 4.69) is 88.1 Å². The van der Waals surface area contributed by atoms with Crippen molar-refractivity contribution >= 4 is 22.1 Å². The lowest BCUT2D eigenvalue weighted by atomic mass is 9.82.